The monoisotopic (exact) mass is 367 g/mol. The number of aromatic nitrogens is 3. The van der Waals surface area contributed by atoms with Gasteiger partial charge in [0.05, 0.1) is 12.2 Å². The Balaban J connectivity index is 2.00. The summed E-state index contributed by atoms with van der Waals surface area (Å²) in [5.74, 6) is 1.18. The van der Waals surface area contributed by atoms with Crippen LogP contribution in [0.25, 0.3) is 22.2 Å². The molecule has 1 aromatic carbocycles. The van der Waals surface area contributed by atoms with Crippen molar-refractivity contribution in [2.24, 2.45) is 0 Å². The molecule has 1 atom stereocenters. The molecule has 0 unspecified atom stereocenters. The van der Waals surface area contributed by atoms with Crippen LogP contribution in [-0.4, -0.2) is 38.8 Å². The van der Waals surface area contributed by atoms with Gasteiger partial charge in [0.25, 0.3) is 0 Å². The molecule has 1 aliphatic rings. The van der Waals surface area contributed by atoms with Crippen LogP contribution in [0.5, 0.6) is 5.75 Å². The van der Waals surface area contributed by atoms with E-state index in [-0.39, 0.29) is 12.3 Å². The van der Waals surface area contributed by atoms with Crippen molar-refractivity contribution < 1.29 is 9.50 Å². The van der Waals surface area contributed by atoms with Gasteiger partial charge in [0.2, 0.25) is 0 Å². The third-order valence-corrected chi connectivity index (χ3v) is 5.27. The third kappa shape index (κ3) is 2.93. The molecule has 0 aliphatic carbocycles. The van der Waals surface area contributed by atoms with Gasteiger partial charge in [-0.2, -0.15) is 0 Å². The van der Waals surface area contributed by atoms with Gasteiger partial charge >= 0.3 is 0 Å². The Hall–Kier alpha value is -2.96. The molecule has 3 aromatic rings. The quantitative estimate of drug-likeness (QED) is 0.720. The van der Waals surface area contributed by atoms with E-state index >= 15 is 0 Å². The van der Waals surface area contributed by atoms with Crippen LogP contribution in [0.15, 0.2) is 24.5 Å². The molecule has 1 fully saturated rings. The van der Waals surface area contributed by atoms with Gasteiger partial charge in [-0.25, -0.2) is 19.3 Å². The second-order valence-electron chi connectivity index (χ2n) is 7.47. The van der Waals surface area contributed by atoms with E-state index in [1.807, 2.05) is 30.9 Å². The number of pyridine rings is 1. The molecule has 4 rings (SSSR count). The number of anilines is 2. The standard InChI is InChI=1S/C20H22FN5O/c1-11-4-5-14(27)12(2)16(11)18-17-13(19(22)24-10-23-17)8-15(25-18)26-7-6-20(3,21)9-26/h4-5,8,10,27H,6-7,9H2,1-3H3,(H2,22,23,24)/t20-/m0/s1. The molecule has 2 aromatic heterocycles. The average molecular weight is 367 g/mol. The first-order valence-electron chi connectivity index (χ1n) is 8.91. The number of phenolic OH excluding ortho intramolecular Hbond substituents is 1. The molecule has 0 amide bonds. The number of nitrogen functional groups attached to an aromatic ring is 1. The smallest absolute Gasteiger partial charge is 0.134 e. The van der Waals surface area contributed by atoms with Gasteiger partial charge in [-0.15, -0.1) is 0 Å². The maximum absolute atomic E-state index is 14.4. The molecule has 1 aliphatic heterocycles. The molecular weight excluding hydrogens is 345 g/mol. The summed E-state index contributed by atoms with van der Waals surface area (Å²) in [4.78, 5) is 15.2. The molecule has 0 saturated carbocycles. The minimum atomic E-state index is -1.24. The number of fused-ring (bicyclic) bond motifs is 1. The first kappa shape index (κ1) is 17.5. The highest BCUT2D eigenvalue weighted by Crippen LogP contribution is 2.38. The van der Waals surface area contributed by atoms with Gasteiger partial charge in [0.1, 0.15) is 34.9 Å². The lowest BCUT2D eigenvalue weighted by Crippen LogP contribution is -2.26. The number of aryl methyl sites for hydroxylation is 1. The van der Waals surface area contributed by atoms with Gasteiger partial charge in [-0.05, 0) is 38.5 Å². The van der Waals surface area contributed by atoms with Crippen molar-refractivity contribution in [2.75, 3.05) is 23.7 Å². The summed E-state index contributed by atoms with van der Waals surface area (Å²) in [6, 6.07) is 5.33. The number of halogens is 1. The highest BCUT2D eigenvalue weighted by Gasteiger charge is 2.34. The number of hydrogen-bond acceptors (Lipinski definition) is 6. The fourth-order valence-electron chi connectivity index (χ4n) is 3.73. The summed E-state index contributed by atoms with van der Waals surface area (Å²) >= 11 is 0. The number of nitrogens with two attached hydrogens (primary N) is 1. The maximum Gasteiger partial charge on any atom is 0.134 e. The molecule has 7 heteroatoms. The van der Waals surface area contributed by atoms with Crippen molar-refractivity contribution in [2.45, 2.75) is 32.9 Å². The van der Waals surface area contributed by atoms with Crippen LogP contribution in [0.2, 0.25) is 0 Å². The van der Waals surface area contributed by atoms with E-state index in [4.69, 9.17) is 10.7 Å². The number of hydrogen-bond donors (Lipinski definition) is 2. The van der Waals surface area contributed by atoms with Gasteiger partial charge in [0, 0.05) is 29.5 Å². The number of benzene rings is 1. The minimum absolute atomic E-state index is 0.190. The topological polar surface area (TPSA) is 88.2 Å². The zero-order valence-corrected chi connectivity index (χ0v) is 15.6. The molecule has 3 heterocycles. The number of aromatic hydroxyl groups is 1. The molecule has 1 saturated heterocycles. The molecule has 6 nitrogen and oxygen atoms in total. The summed E-state index contributed by atoms with van der Waals surface area (Å²) in [5, 5.41) is 10.9. The molecule has 27 heavy (non-hydrogen) atoms. The Labute approximate surface area is 156 Å². The molecule has 140 valence electrons. The van der Waals surface area contributed by atoms with Crippen molar-refractivity contribution in [3.8, 4) is 17.0 Å². The first-order chi connectivity index (χ1) is 12.8. The van der Waals surface area contributed by atoms with Crippen LogP contribution in [0, 0.1) is 13.8 Å². The van der Waals surface area contributed by atoms with E-state index in [0.29, 0.717) is 41.2 Å². The molecule has 3 N–H and O–H groups in total. The number of rotatable bonds is 2. The van der Waals surface area contributed by atoms with Crippen LogP contribution >= 0.6 is 0 Å². The fourth-order valence-corrected chi connectivity index (χ4v) is 3.73. The zero-order chi connectivity index (χ0) is 19.3. The van der Waals surface area contributed by atoms with Crippen molar-refractivity contribution in [1.29, 1.82) is 0 Å². The van der Waals surface area contributed by atoms with E-state index in [0.717, 1.165) is 16.7 Å². The van der Waals surface area contributed by atoms with Crippen molar-refractivity contribution in [3.63, 3.8) is 0 Å². The Kier molecular flexibility index (Phi) is 3.91. The number of nitrogens with zero attached hydrogens (tertiary/aromatic N) is 4. The predicted octanol–water partition coefficient (Wildman–Crippen LogP) is 3.53. The van der Waals surface area contributed by atoms with E-state index in [2.05, 4.69) is 9.97 Å². The third-order valence-electron chi connectivity index (χ3n) is 5.27. The van der Waals surface area contributed by atoms with Gasteiger partial charge in [-0.3, -0.25) is 0 Å². The fraction of sp³-hybridized carbons (Fsp3) is 0.350. The summed E-state index contributed by atoms with van der Waals surface area (Å²) in [5.41, 5.74) is 8.59. The maximum atomic E-state index is 14.4. The largest absolute Gasteiger partial charge is 0.508 e. The lowest BCUT2D eigenvalue weighted by molar-refractivity contribution is 0.221. The second-order valence-corrected chi connectivity index (χ2v) is 7.47. The Morgan fingerprint density at radius 1 is 1.26 bits per heavy atom. The first-order valence-corrected chi connectivity index (χ1v) is 8.91. The van der Waals surface area contributed by atoms with E-state index in [1.165, 1.54) is 6.33 Å². The number of phenols is 1. The lowest BCUT2D eigenvalue weighted by atomic mass is 9.97. The second kappa shape index (κ2) is 6.04. The Morgan fingerprint density at radius 2 is 2.04 bits per heavy atom. The summed E-state index contributed by atoms with van der Waals surface area (Å²) in [6.45, 7) is 6.26. The van der Waals surface area contributed by atoms with Gasteiger partial charge in [-0.1, -0.05) is 6.07 Å². The van der Waals surface area contributed by atoms with Crippen LogP contribution in [0.4, 0.5) is 16.0 Å². The Morgan fingerprint density at radius 3 is 2.74 bits per heavy atom. The number of alkyl halides is 1. The summed E-state index contributed by atoms with van der Waals surface area (Å²) < 4.78 is 14.4. The zero-order valence-electron chi connectivity index (χ0n) is 15.6. The normalized spacial score (nSPS) is 19.8. The van der Waals surface area contributed by atoms with Crippen LogP contribution < -0.4 is 10.6 Å². The van der Waals surface area contributed by atoms with Crippen molar-refractivity contribution in [1.82, 2.24) is 15.0 Å². The highest BCUT2D eigenvalue weighted by molar-refractivity contribution is 5.99. The lowest BCUT2D eigenvalue weighted by Gasteiger charge is -2.21. The molecular formula is C20H22FN5O. The Bertz CT molecular complexity index is 1050. The molecule has 0 radical (unpaired) electrons. The van der Waals surface area contributed by atoms with Crippen LogP contribution in [0.1, 0.15) is 24.5 Å². The summed E-state index contributed by atoms with van der Waals surface area (Å²) in [7, 11) is 0. The SMILES string of the molecule is Cc1ccc(O)c(C)c1-c1nc(N2CC[C@](C)(F)C2)cc2c(N)ncnc12. The minimum Gasteiger partial charge on any atom is -0.508 e. The molecule has 0 bridgehead atoms. The van der Waals surface area contributed by atoms with Gasteiger partial charge in [0.15, 0.2) is 0 Å². The summed E-state index contributed by atoms with van der Waals surface area (Å²) in [6.07, 6.45) is 1.86. The van der Waals surface area contributed by atoms with Crippen LogP contribution in [0.3, 0.4) is 0 Å². The van der Waals surface area contributed by atoms with E-state index in [9.17, 15) is 9.50 Å². The van der Waals surface area contributed by atoms with Crippen molar-refractivity contribution >= 4 is 22.5 Å². The van der Waals surface area contributed by atoms with Crippen molar-refractivity contribution in [3.05, 3.63) is 35.7 Å². The van der Waals surface area contributed by atoms with Crippen LogP contribution in [-0.2, 0) is 0 Å². The molecule has 0 spiro atoms. The predicted molar refractivity (Wildman–Crippen MR) is 105 cm³/mol. The average Bonchev–Trinajstić information content (AvgIpc) is 2.99. The van der Waals surface area contributed by atoms with E-state index < -0.39 is 5.67 Å². The highest BCUT2D eigenvalue weighted by atomic mass is 19.1. The van der Waals surface area contributed by atoms with Gasteiger partial charge < -0.3 is 15.7 Å². The van der Waals surface area contributed by atoms with E-state index in [1.54, 1.807) is 13.0 Å².